The number of hydrogen-bond donors (Lipinski definition) is 1. The lowest BCUT2D eigenvalue weighted by Gasteiger charge is -2.05. The largest absolute Gasteiger partial charge is 0.351 e. The van der Waals surface area contributed by atoms with Gasteiger partial charge in [0, 0.05) is 5.82 Å². The third-order valence-corrected chi connectivity index (χ3v) is 3.43. The second kappa shape index (κ2) is 8.11. The molecule has 0 aliphatic rings. The summed E-state index contributed by atoms with van der Waals surface area (Å²) in [6.45, 7) is 4.38. The molecule has 0 saturated carbocycles. The first kappa shape index (κ1) is 15.9. The van der Waals surface area contributed by atoms with Crippen molar-refractivity contribution in [1.82, 2.24) is 0 Å². The molecule has 0 aliphatic heterocycles. The summed E-state index contributed by atoms with van der Waals surface area (Å²) in [7, 11) is -3.65. The first-order valence-electron chi connectivity index (χ1n) is 6.36. The maximum atomic E-state index is 11.7. The van der Waals surface area contributed by atoms with Gasteiger partial charge in [0.2, 0.25) is 0 Å². The van der Waals surface area contributed by atoms with Crippen LogP contribution < -0.4 is 0 Å². The Kier molecular flexibility index (Phi) is 6.79. The number of rotatable bonds is 7. The lowest BCUT2D eigenvalue weighted by atomic mass is 10.1. The van der Waals surface area contributed by atoms with Crippen molar-refractivity contribution in [2.75, 3.05) is 6.61 Å². The van der Waals surface area contributed by atoms with E-state index in [0.29, 0.717) is 5.92 Å². The zero-order valence-electron chi connectivity index (χ0n) is 11.4. The van der Waals surface area contributed by atoms with Crippen LogP contribution in [-0.2, 0) is 9.09 Å². The Labute approximate surface area is 115 Å². The standard InChI is InChI=1S/C15H21O3P/c1-14(2)8-6-7-12-18-19(16,17)13-11-15-9-4-3-5-10-15/h3-7,9-11,13-14H,8,12H2,1-2H3,(H,16,17). The highest BCUT2D eigenvalue weighted by Crippen LogP contribution is 2.44. The van der Waals surface area contributed by atoms with Crippen molar-refractivity contribution in [2.45, 2.75) is 20.3 Å². The van der Waals surface area contributed by atoms with Gasteiger partial charge in [0.05, 0.1) is 6.61 Å². The lowest BCUT2D eigenvalue weighted by Crippen LogP contribution is -1.88. The van der Waals surface area contributed by atoms with Gasteiger partial charge in [-0.05, 0) is 24.0 Å². The van der Waals surface area contributed by atoms with E-state index < -0.39 is 7.60 Å². The third-order valence-electron chi connectivity index (χ3n) is 2.38. The Balaban J connectivity index is 2.42. The van der Waals surface area contributed by atoms with Crippen LogP contribution in [0.3, 0.4) is 0 Å². The van der Waals surface area contributed by atoms with Gasteiger partial charge in [0.1, 0.15) is 0 Å². The average Bonchev–Trinajstić information content (AvgIpc) is 2.37. The summed E-state index contributed by atoms with van der Waals surface area (Å²) >= 11 is 0. The summed E-state index contributed by atoms with van der Waals surface area (Å²) in [5.74, 6) is 1.80. The van der Waals surface area contributed by atoms with E-state index in [1.165, 1.54) is 5.82 Å². The van der Waals surface area contributed by atoms with Gasteiger partial charge in [-0.25, -0.2) is 0 Å². The van der Waals surface area contributed by atoms with Crippen molar-refractivity contribution in [2.24, 2.45) is 5.92 Å². The minimum atomic E-state index is -3.65. The second-order valence-corrected chi connectivity index (χ2v) is 6.37. The summed E-state index contributed by atoms with van der Waals surface area (Å²) in [5.41, 5.74) is 0.871. The lowest BCUT2D eigenvalue weighted by molar-refractivity contribution is 0.297. The third kappa shape index (κ3) is 7.78. The quantitative estimate of drug-likeness (QED) is 0.592. The van der Waals surface area contributed by atoms with Crippen molar-refractivity contribution >= 4 is 13.7 Å². The Morgan fingerprint density at radius 1 is 1.26 bits per heavy atom. The molecule has 1 aromatic carbocycles. The minimum Gasteiger partial charge on any atom is -0.321 e. The highest BCUT2D eigenvalue weighted by atomic mass is 31.2. The van der Waals surface area contributed by atoms with Crippen LogP contribution in [0.2, 0.25) is 0 Å². The van der Waals surface area contributed by atoms with Gasteiger partial charge in [-0.1, -0.05) is 56.3 Å². The first-order valence-corrected chi connectivity index (χ1v) is 8.00. The van der Waals surface area contributed by atoms with Gasteiger partial charge in [0.25, 0.3) is 0 Å². The van der Waals surface area contributed by atoms with Crippen molar-refractivity contribution in [3.05, 3.63) is 53.9 Å². The van der Waals surface area contributed by atoms with Crippen molar-refractivity contribution < 1.29 is 14.0 Å². The predicted molar refractivity (Wildman–Crippen MR) is 79.8 cm³/mol. The number of benzene rings is 1. The van der Waals surface area contributed by atoms with Crippen molar-refractivity contribution in [3.63, 3.8) is 0 Å². The molecule has 0 aliphatic carbocycles. The van der Waals surface area contributed by atoms with E-state index in [0.717, 1.165) is 12.0 Å². The molecule has 0 radical (unpaired) electrons. The van der Waals surface area contributed by atoms with Crippen molar-refractivity contribution in [3.8, 4) is 0 Å². The zero-order chi connectivity index (χ0) is 14.1. The molecule has 0 saturated heterocycles. The normalized spacial score (nSPS) is 15.4. The SMILES string of the molecule is CC(C)CC=CCOP(=O)(O)C=Cc1ccccc1. The fourth-order valence-corrected chi connectivity index (χ4v) is 2.12. The topological polar surface area (TPSA) is 46.5 Å². The molecule has 0 heterocycles. The number of allylic oxidation sites excluding steroid dienone is 1. The highest BCUT2D eigenvalue weighted by Gasteiger charge is 2.12. The Bertz CT molecular complexity index is 464. The van der Waals surface area contributed by atoms with Crippen LogP contribution in [0, 0.1) is 5.92 Å². The summed E-state index contributed by atoms with van der Waals surface area (Å²) in [6.07, 6.45) is 6.28. The van der Waals surface area contributed by atoms with Gasteiger partial charge in [-0.3, -0.25) is 4.57 Å². The van der Waals surface area contributed by atoms with E-state index in [9.17, 15) is 9.46 Å². The zero-order valence-corrected chi connectivity index (χ0v) is 12.3. The summed E-state index contributed by atoms with van der Waals surface area (Å²) < 4.78 is 16.7. The van der Waals surface area contributed by atoms with Gasteiger partial charge in [-0.15, -0.1) is 0 Å². The predicted octanol–water partition coefficient (Wildman–Crippen LogP) is 4.46. The van der Waals surface area contributed by atoms with Crippen LogP contribution in [0.1, 0.15) is 25.8 Å². The van der Waals surface area contributed by atoms with Crippen LogP contribution in [0.15, 0.2) is 48.3 Å². The molecule has 0 bridgehead atoms. The smallest absolute Gasteiger partial charge is 0.321 e. The summed E-state index contributed by atoms with van der Waals surface area (Å²) in [5, 5.41) is 0. The molecule has 0 fully saturated rings. The van der Waals surface area contributed by atoms with Crippen molar-refractivity contribution in [1.29, 1.82) is 0 Å². The Morgan fingerprint density at radius 2 is 1.95 bits per heavy atom. The molecule has 0 aromatic heterocycles. The number of hydrogen-bond acceptors (Lipinski definition) is 2. The average molecular weight is 280 g/mol. The van der Waals surface area contributed by atoms with E-state index in [1.54, 1.807) is 12.2 Å². The van der Waals surface area contributed by atoms with Gasteiger partial charge < -0.3 is 9.42 Å². The summed E-state index contributed by atoms with van der Waals surface area (Å²) in [6, 6.07) is 9.36. The van der Waals surface area contributed by atoms with Crippen LogP contribution >= 0.6 is 7.60 Å². The van der Waals surface area contributed by atoms with E-state index >= 15 is 0 Å². The molecule has 19 heavy (non-hydrogen) atoms. The van der Waals surface area contributed by atoms with Gasteiger partial charge >= 0.3 is 7.60 Å². The van der Waals surface area contributed by atoms with Crippen LogP contribution in [0.4, 0.5) is 0 Å². The highest BCUT2D eigenvalue weighted by molar-refractivity contribution is 7.56. The molecule has 0 spiro atoms. The fourth-order valence-electron chi connectivity index (χ4n) is 1.37. The molecule has 4 heteroatoms. The Morgan fingerprint density at radius 3 is 2.58 bits per heavy atom. The maximum Gasteiger partial charge on any atom is 0.351 e. The van der Waals surface area contributed by atoms with E-state index in [2.05, 4.69) is 13.8 Å². The van der Waals surface area contributed by atoms with Gasteiger partial charge in [-0.2, -0.15) is 0 Å². The Hall–Kier alpha value is -1.15. The monoisotopic (exact) mass is 280 g/mol. The summed E-state index contributed by atoms with van der Waals surface area (Å²) in [4.78, 5) is 9.60. The van der Waals surface area contributed by atoms with Crippen LogP contribution in [0.5, 0.6) is 0 Å². The molecule has 104 valence electrons. The molecule has 1 rings (SSSR count). The van der Waals surface area contributed by atoms with Gasteiger partial charge in [0.15, 0.2) is 0 Å². The molecule has 1 N–H and O–H groups in total. The molecular formula is C15H21O3P. The molecule has 1 aromatic rings. The second-order valence-electron chi connectivity index (χ2n) is 4.69. The molecule has 0 amide bonds. The van der Waals surface area contributed by atoms with E-state index in [-0.39, 0.29) is 6.61 Å². The fraction of sp³-hybridized carbons (Fsp3) is 0.333. The first-order chi connectivity index (χ1) is 8.99. The van der Waals surface area contributed by atoms with E-state index in [4.69, 9.17) is 4.52 Å². The molecule has 3 nitrogen and oxygen atoms in total. The molecule has 1 unspecified atom stereocenters. The van der Waals surface area contributed by atoms with Crippen LogP contribution in [-0.4, -0.2) is 11.5 Å². The van der Waals surface area contributed by atoms with Crippen LogP contribution in [0.25, 0.3) is 6.08 Å². The van der Waals surface area contributed by atoms with E-state index in [1.807, 2.05) is 36.4 Å². The maximum absolute atomic E-state index is 11.7. The minimum absolute atomic E-state index is 0.152. The molecule has 1 atom stereocenters. The molecular weight excluding hydrogens is 259 g/mol.